The van der Waals surface area contributed by atoms with Gasteiger partial charge in [-0.15, -0.1) is 17.5 Å². The third kappa shape index (κ3) is 4.93. The van der Waals surface area contributed by atoms with E-state index in [4.69, 9.17) is 10.5 Å². The van der Waals surface area contributed by atoms with E-state index in [0.717, 1.165) is 0 Å². The number of ether oxygens (including phenoxy) is 1. The number of hydrogen-bond donors (Lipinski definition) is 1. The molecule has 0 saturated carbocycles. The average molecular weight is 484 g/mol. The average Bonchev–Trinajstić information content (AvgIpc) is 3.17. The Balaban J connectivity index is 0.00000363. The summed E-state index contributed by atoms with van der Waals surface area (Å²) in [7, 11) is -2.14. The Morgan fingerprint density at radius 1 is 1.22 bits per heavy atom. The summed E-state index contributed by atoms with van der Waals surface area (Å²) >= 11 is 0. The summed E-state index contributed by atoms with van der Waals surface area (Å²) in [6, 6.07) is 10.1. The molecule has 8 nitrogen and oxygen atoms in total. The molecule has 0 aliphatic heterocycles. The molecule has 2 aromatic carbocycles. The third-order valence-electron chi connectivity index (χ3n) is 4.99. The van der Waals surface area contributed by atoms with Crippen LogP contribution in [0.2, 0.25) is 0 Å². The smallest absolute Gasteiger partial charge is 0.243 e. The van der Waals surface area contributed by atoms with E-state index < -0.39 is 15.9 Å². The van der Waals surface area contributed by atoms with Crippen molar-refractivity contribution in [3.8, 4) is 16.9 Å². The van der Waals surface area contributed by atoms with E-state index in [9.17, 15) is 12.8 Å². The molecule has 0 amide bonds. The maximum absolute atomic E-state index is 14.0. The number of methoxy groups -OCH3 is 1. The lowest BCUT2D eigenvalue weighted by molar-refractivity contribution is 0.415. The van der Waals surface area contributed by atoms with E-state index in [-0.39, 0.29) is 30.4 Å². The molecule has 3 rings (SSSR count). The second-order valence-corrected chi connectivity index (χ2v) is 8.70. The lowest BCUT2D eigenvalue weighted by Crippen LogP contribution is -2.30. The number of aromatic nitrogens is 3. The first-order chi connectivity index (χ1) is 14.9. The van der Waals surface area contributed by atoms with Crippen LogP contribution in [0.1, 0.15) is 13.8 Å². The molecule has 0 aliphatic rings. The second kappa shape index (κ2) is 10.9. The van der Waals surface area contributed by atoms with Crippen LogP contribution in [0, 0.1) is 0 Å². The van der Waals surface area contributed by atoms with Gasteiger partial charge in [-0.25, -0.2) is 17.5 Å². The number of fused-ring (bicyclic) bond motifs is 1. The van der Waals surface area contributed by atoms with Gasteiger partial charge in [0.2, 0.25) is 10.0 Å². The Morgan fingerprint density at radius 3 is 2.56 bits per heavy atom. The Hall–Kier alpha value is -2.53. The monoisotopic (exact) mass is 483 g/mol. The molecule has 3 aromatic rings. The molecule has 0 saturated heterocycles. The van der Waals surface area contributed by atoms with Crippen LogP contribution in [0.25, 0.3) is 22.2 Å². The fourth-order valence-electron chi connectivity index (χ4n) is 3.43. The predicted molar refractivity (Wildman–Crippen MR) is 125 cm³/mol. The summed E-state index contributed by atoms with van der Waals surface area (Å²) in [4.78, 5) is 0.160. The van der Waals surface area contributed by atoms with E-state index in [1.165, 1.54) is 28.2 Å². The van der Waals surface area contributed by atoms with Gasteiger partial charge < -0.3 is 10.5 Å². The van der Waals surface area contributed by atoms with Gasteiger partial charge in [0, 0.05) is 30.8 Å². The van der Waals surface area contributed by atoms with Gasteiger partial charge in [-0.3, -0.25) is 0 Å². The van der Waals surface area contributed by atoms with Gasteiger partial charge in [-0.2, -0.15) is 4.31 Å². The molecule has 0 fully saturated rings. The Labute approximate surface area is 193 Å². The molecule has 2 N–H and O–H groups in total. The number of nitrogens with zero attached hydrogens (tertiary/aromatic N) is 4. The normalized spacial score (nSPS) is 12.2. The highest BCUT2D eigenvalue weighted by atomic mass is 35.5. The number of sulfonamides is 1. The molecule has 0 aliphatic carbocycles. The van der Waals surface area contributed by atoms with Crippen LogP contribution in [0.15, 0.2) is 53.2 Å². The molecule has 174 valence electrons. The summed E-state index contributed by atoms with van der Waals surface area (Å²) in [5.41, 5.74) is 7.69. The van der Waals surface area contributed by atoms with Crippen LogP contribution < -0.4 is 10.5 Å². The number of benzene rings is 2. The van der Waals surface area contributed by atoms with Crippen LogP contribution in [0.3, 0.4) is 0 Å². The number of rotatable bonds is 9. The summed E-state index contributed by atoms with van der Waals surface area (Å²) in [5, 5.41) is 8.28. The highest BCUT2D eigenvalue weighted by Crippen LogP contribution is 2.36. The van der Waals surface area contributed by atoms with E-state index in [0.29, 0.717) is 41.0 Å². The van der Waals surface area contributed by atoms with Crippen molar-refractivity contribution in [2.45, 2.75) is 25.3 Å². The molecule has 11 heteroatoms. The van der Waals surface area contributed by atoms with Gasteiger partial charge in [0.05, 0.1) is 24.1 Å². The quantitative estimate of drug-likeness (QED) is 0.500. The first-order valence-electron chi connectivity index (χ1n) is 9.92. The molecule has 0 atom stereocenters. The van der Waals surface area contributed by atoms with E-state index in [1.807, 2.05) is 0 Å². The highest BCUT2D eigenvalue weighted by molar-refractivity contribution is 7.89. The number of halogens is 2. The molecule has 0 spiro atoms. The number of nitrogens with two attached hydrogens (primary N) is 1. The van der Waals surface area contributed by atoms with E-state index in [2.05, 4.69) is 10.3 Å². The summed E-state index contributed by atoms with van der Waals surface area (Å²) in [6.07, 6.45) is 1.28. The van der Waals surface area contributed by atoms with Crippen molar-refractivity contribution in [1.29, 1.82) is 0 Å². The van der Waals surface area contributed by atoms with Crippen molar-refractivity contribution in [3.05, 3.63) is 48.3 Å². The van der Waals surface area contributed by atoms with E-state index >= 15 is 0 Å². The van der Waals surface area contributed by atoms with Crippen LogP contribution in [-0.4, -0.2) is 54.5 Å². The molecular weight excluding hydrogens is 457 g/mol. The summed E-state index contributed by atoms with van der Waals surface area (Å²) in [6.45, 7) is 4.32. The standard InChI is InChI=1S/C21H26FN5O3S.ClH/c1-4-26(5-2)31(28,29)16-9-10-20(30-3)18(13-16)17-7-6-8-19-21(17)24-25-27(19)14-15(22)11-12-23;/h6-11,13H,4-5,12,14,23H2,1-3H3;1H/b15-11-;. The fourth-order valence-corrected chi connectivity index (χ4v) is 4.92. The minimum Gasteiger partial charge on any atom is -0.496 e. The molecule has 0 bridgehead atoms. The molecule has 0 unspecified atom stereocenters. The van der Waals surface area contributed by atoms with Crippen LogP contribution in [0.4, 0.5) is 4.39 Å². The van der Waals surface area contributed by atoms with Crippen LogP contribution >= 0.6 is 12.4 Å². The largest absolute Gasteiger partial charge is 0.496 e. The van der Waals surface area contributed by atoms with Gasteiger partial charge in [0.15, 0.2) is 0 Å². The topological polar surface area (TPSA) is 103 Å². The van der Waals surface area contributed by atoms with Gasteiger partial charge in [0.25, 0.3) is 0 Å². The Morgan fingerprint density at radius 2 is 1.94 bits per heavy atom. The molecule has 0 radical (unpaired) electrons. The van der Waals surface area contributed by atoms with Gasteiger partial charge >= 0.3 is 0 Å². The van der Waals surface area contributed by atoms with Crippen molar-refractivity contribution >= 4 is 33.5 Å². The predicted octanol–water partition coefficient (Wildman–Crippen LogP) is 3.37. The van der Waals surface area contributed by atoms with Crippen molar-refractivity contribution < 1.29 is 17.5 Å². The highest BCUT2D eigenvalue weighted by Gasteiger charge is 2.24. The Bertz CT molecular complexity index is 1210. The third-order valence-corrected chi connectivity index (χ3v) is 7.04. The number of hydrogen-bond acceptors (Lipinski definition) is 6. The van der Waals surface area contributed by atoms with Gasteiger partial charge in [-0.05, 0) is 30.3 Å². The van der Waals surface area contributed by atoms with Crippen LogP contribution in [0.5, 0.6) is 5.75 Å². The Kier molecular flexibility index (Phi) is 8.73. The minimum absolute atomic E-state index is 0. The first kappa shape index (κ1) is 25.7. The lowest BCUT2D eigenvalue weighted by atomic mass is 10.0. The van der Waals surface area contributed by atoms with Crippen molar-refractivity contribution in [2.75, 3.05) is 26.7 Å². The molecule has 1 heterocycles. The number of allylic oxidation sites excluding steroid dienone is 1. The van der Waals surface area contributed by atoms with Crippen molar-refractivity contribution in [2.24, 2.45) is 5.73 Å². The zero-order valence-electron chi connectivity index (χ0n) is 18.2. The fraction of sp³-hybridized carbons (Fsp3) is 0.333. The second-order valence-electron chi connectivity index (χ2n) is 6.76. The van der Waals surface area contributed by atoms with E-state index in [1.54, 1.807) is 44.2 Å². The minimum atomic E-state index is -3.66. The summed E-state index contributed by atoms with van der Waals surface area (Å²) < 4.78 is 48.3. The summed E-state index contributed by atoms with van der Waals surface area (Å²) in [5.74, 6) is 0.0827. The zero-order valence-corrected chi connectivity index (χ0v) is 19.8. The van der Waals surface area contributed by atoms with Gasteiger partial charge in [-0.1, -0.05) is 31.2 Å². The first-order valence-corrected chi connectivity index (χ1v) is 11.4. The lowest BCUT2D eigenvalue weighted by Gasteiger charge is -2.19. The van der Waals surface area contributed by atoms with Crippen LogP contribution in [-0.2, 0) is 16.6 Å². The molecule has 1 aromatic heterocycles. The van der Waals surface area contributed by atoms with Crippen molar-refractivity contribution in [1.82, 2.24) is 19.3 Å². The van der Waals surface area contributed by atoms with Gasteiger partial charge in [0.1, 0.15) is 17.1 Å². The maximum atomic E-state index is 14.0. The maximum Gasteiger partial charge on any atom is 0.243 e. The molecular formula is C21H27ClFN5O3S. The molecule has 32 heavy (non-hydrogen) atoms. The SMILES string of the molecule is CCN(CC)S(=O)(=O)c1ccc(OC)c(-c2cccc3c2nnn3C/C(F)=C/CN)c1.Cl. The van der Waals surface area contributed by atoms with Crippen molar-refractivity contribution in [3.63, 3.8) is 0 Å². The zero-order chi connectivity index (χ0) is 22.6.